The summed E-state index contributed by atoms with van der Waals surface area (Å²) < 4.78 is 33.7. The second-order valence-corrected chi connectivity index (χ2v) is 7.70. The van der Waals surface area contributed by atoms with Crippen LogP contribution in [-0.2, 0) is 10.1 Å². The van der Waals surface area contributed by atoms with Gasteiger partial charge in [0.2, 0.25) is 0 Å². The summed E-state index contributed by atoms with van der Waals surface area (Å²) in [7, 11) is -4.20. The van der Waals surface area contributed by atoms with Gasteiger partial charge in [-0.2, -0.15) is 0 Å². The number of hydrogen-bond donors (Lipinski definition) is 1. The van der Waals surface area contributed by atoms with Crippen LogP contribution in [0, 0.1) is 0 Å². The van der Waals surface area contributed by atoms with Crippen molar-refractivity contribution >= 4 is 10.1 Å². The molecule has 6 heteroatoms. The molecule has 128 valence electrons. The molecule has 0 rings (SSSR count). The predicted molar refractivity (Wildman–Crippen MR) is 86.2 cm³/mol. The van der Waals surface area contributed by atoms with Crippen LogP contribution in [0.3, 0.4) is 0 Å². The average Bonchev–Trinajstić information content (AvgIpc) is 2.41. The minimum Gasteiger partial charge on any atom is -0.748 e. The van der Waals surface area contributed by atoms with Crippen molar-refractivity contribution in [3.8, 4) is 0 Å². The van der Waals surface area contributed by atoms with Gasteiger partial charge in [0.1, 0.15) is 0 Å². The van der Waals surface area contributed by atoms with Crippen molar-refractivity contribution in [3.05, 3.63) is 0 Å². The van der Waals surface area contributed by atoms with Gasteiger partial charge in [-0.1, -0.05) is 58.8 Å². The Hall–Kier alpha value is 0.870. The molecule has 22 heavy (non-hydrogen) atoms. The van der Waals surface area contributed by atoms with E-state index in [2.05, 4.69) is 13.8 Å². The van der Waals surface area contributed by atoms with Crippen LogP contribution in [0.25, 0.3) is 0 Å². The Morgan fingerprint density at radius 1 is 0.818 bits per heavy atom. The molecule has 0 heterocycles. The summed E-state index contributed by atoms with van der Waals surface area (Å²) in [6.45, 7) is 4.20. The van der Waals surface area contributed by atoms with Gasteiger partial charge < -0.3 is 9.66 Å². The smallest absolute Gasteiger partial charge is 0.748 e. The molecule has 0 aromatic carbocycles. The molecule has 0 aromatic heterocycles. The van der Waals surface area contributed by atoms with Gasteiger partial charge in [-0.15, -0.1) is 0 Å². The number of rotatable bonds is 14. The van der Waals surface area contributed by atoms with Crippen molar-refractivity contribution < 1.29 is 47.6 Å². The van der Waals surface area contributed by atoms with Crippen LogP contribution in [-0.4, -0.2) is 29.4 Å². The summed E-state index contributed by atoms with van der Waals surface area (Å²) in [5.41, 5.74) is 0. The fourth-order valence-electron chi connectivity index (χ4n) is 2.59. The molecule has 0 fully saturated rings. The minimum atomic E-state index is -4.20. The molecule has 0 aliphatic rings. The number of aliphatic hydroxyl groups is 1. The van der Waals surface area contributed by atoms with Crippen molar-refractivity contribution in [2.75, 3.05) is 0 Å². The molecule has 0 bridgehead atoms. The summed E-state index contributed by atoms with van der Waals surface area (Å²) in [4.78, 5) is 0. The molecule has 0 radical (unpaired) electrons. The van der Waals surface area contributed by atoms with Gasteiger partial charge in [0, 0.05) is 5.25 Å². The second kappa shape index (κ2) is 15.4. The molecule has 0 aromatic rings. The fourth-order valence-corrected chi connectivity index (χ4v) is 3.50. The fraction of sp³-hybridized carbons (Fsp3) is 1.00. The van der Waals surface area contributed by atoms with Crippen LogP contribution >= 0.6 is 0 Å². The Balaban J connectivity index is 0. The molecule has 0 saturated carbocycles. The Morgan fingerprint density at radius 3 is 1.82 bits per heavy atom. The maximum Gasteiger partial charge on any atom is 1.00 e. The van der Waals surface area contributed by atoms with Gasteiger partial charge in [0.05, 0.1) is 16.2 Å². The van der Waals surface area contributed by atoms with Gasteiger partial charge in [0.15, 0.2) is 0 Å². The van der Waals surface area contributed by atoms with Crippen molar-refractivity contribution in [2.24, 2.45) is 0 Å². The van der Waals surface area contributed by atoms with E-state index in [-0.39, 0.29) is 35.7 Å². The van der Waals surface area contributed by atoms with Crippen molar-refractivity contribution in [3.63, 3.8) is 0 Å². The largest absolute Gasteiger partial charge is 1.00 e. The first-order valence-corrected chi connectivity index (χ1v) is 10.0. The molecule has 0 aliphatic carbocycles. The third kappa shape index (κ3) is 14.5. The Morgan fingerprint density at radius 2 is 1.27 bits per heavy atom. The number of aliphatic hydroxyl groups excluding tert-OH is 1. The van der Waals surface area contributed by atoms with Gasteiger partial charge >= 0.3 is 29.6 Å². The zero-order chi connectivity index (χ0) is 16.1. The minimum absolute atomic E-state index is 0. The third-order valence-electron chi connectivity index (χ3n) is 3.99. The van der Waals surface area contributed by atoms with E-state index >= 15 is 0 Å². The normalized spacial score (nSPS) is 14.4. The van der Waals surface area contributed by atoms with E-state index in [1.807, 2.05) is 0 Å². The molecule has 0 amide bonds. The van der Waals surface area contributed by atoms with Crippen LogP contribution in [0.4, 0.5) is 0 Å². The van der Waals surface area contributed by atoms with E-state index < -0.39 is 15.4 Å². The summed E-state index contributed by atoms with van der Waals surface area (Å²) in [6.07, 6.45) is 9.81. The first-order valence-electron chi connectivity index (χ1n) is 8.54. The molecule has 0 saturated heterocycles. The Bertz CT molecular complexity index is 333. The van der Waals surface area contributed by atoms with E-state index in [4.69, 9.17) is 0 Å². The van der Waals surface area contributed by atoms with Gasteiger partial charge in [-0.3, -0.25) is 0 Å². The van der Waals surface area contributed by atoms with Crippen molar-refractivity contribution in [1.82, 2.24) is 0 Å². The summed E-state index contributed by atoms with van der Waals surface area (Å²) in [6, 6.07) is 0. The number of unbranched alkanes of at least 4 members (excludes halogenated alkanes) is 5. The zero-order valence-corrected chi connectivity index (χ0v) is 17.5. The predicted octanol–water partition coefficient (Wildman–Crippen LogP) is 0.986. The standard InChI is InChI=1S/C16H34O4S.Na/c1-3-5-7-9-11-15(17)12-10-14-16(21(18,19)20)13-8-6-4-2;/h15-17H,3-14H2,1-2H3,(H,18,19,20);/q;+1/p-1. The van der Waals surface area contributed by atoms with Gasteiger partial charge in [-0.05, 0) is 32.1 Å². The first-order chi connectivity index (χ1) is 9.91. The summed E-state index contributed by atoms with van der Waals surface area (Å²) in [5, 5.41) is 9.08. The maximum atomic E-state index is 11.2. The van der Waals surface area contributed by atoms with Gasteiger partial charge in [-0.25, -0.2) is 8.42 Å². The Kier molecular flexibility index (Phi) is 17.6. The molecule has 2 atom stereocenters. The van der Waals surface area contributed by atoms with Crippen LogP contribution < -0.4 is 29.6 Å². The van der Waals surface area contributed by atoms with Crippen LogP contribution in [0.15, 0.2) is 0 Å². The van der Waals surface area contributed by atoms with E-state index in [1.165, 1.54) is 12.8 Å². The summed E-state index contributed by atoms with van der Waals surface area (Å²) in [5.74, 6) is 0. The van der Waals surface area contributed by atoms with Crippen LogP contribution in [0.2, 0.25) is 0 Å². The zero-order valence-electron chi connectivity index (χ0n) is 14.7. The van der Waals surface area contributed by atoms with E-state index in [1.54, 1.807) is 0 Å². The van der Waals surface area contributed by atoms with Crippen LogP contribution in [0.1, 0.15) is 90.9 Å². The van der Waals surface area contributed by atoms with Gasteiger partial charge in [0.25, 0.3) is 0 Å². The topological polar surface area (TPSA) is 77.4 Å². The van der Waals surface area contributed by atoms with E-state index in [0.29, 0.717) is 25.7 Å². The molecule has 0 aliphatic heterocycles. The average molecular weight is 344 g/mol. The SMILES string of the molecule is CCCCCCC(O)CCCC(CCCCC)S(=O)(=O)[O-].[Na+]. The molecule has 1 N–H and O–H groups in total. The monoisotopic (exact) mass is 344 g/mol. The molecule has 0 spiro atoms. The molecule has 4 nitrogen and oxygen atoms in total. The maximum absolute atomic E-state index is 11.2. The summed E-state index contributed by atoms with van der Waals surface area (Å²) >= 11 is 0. The van der Waals surface area contributed by atoms with E-state index in [9.17, 15) is 18.1 Å². The van der Waals surface area contributed by atoms with E-state index in [0.717, 1.165) is 38.5 Å². The van der Waals surface area contributed by atoms with Crippen molar-refractivity contribution in [1.29, 1.82) is 0 Å². The van der Waals surface area contributed by atoms with Crippen molar-refractivity contribution in [2.45, 2.75) is 102 Å². The second-order valence-electron chi connectivity index (χ2n) is 6.04. The number of hydrogen-bond acceptors (Lipinski definition) is 4. The first kappa shape index (κ1) is 25.1. The third-order valence-corrected chi connectivity index (χ3v) is 5.28. The van der Waals surface area contributed by atoms with Crippen LogP contribution in [0.5, 0.6) is 0 Å². The Labute approximate surface area is 159 Å². The quantitative estimate of drug-likeness (QED) is 0.290. The molecular weight excluding hydrogens is 311 g/mol. The molecule has 2 unspecified atom stereocenters. The molecular formula is C16H33NaO4S.